The van der Waals surface area contributed by atoms with Crippen molar-refractivity contribution in [2.45, 2.75) is 33.0 Å². The topological polar surface area (TPSA) is 52.1 Å². The normalized spacial score (nSPS) is 33.9. The average molecular weight is 220 g/mol. The molecular formula is C12H16N2O2. The Morgan fingerprint density at radius 2 is 2.00 bits per heavy atom. The fraction of sp³-hybridized carbons (Fsp3) is 0.583. The molecule has 1 aliphatic rings. The molecule has 0 aromatic carbocycles. The molecule has 0 amide bonds. The molecule has 0 saturated carbocycles. The summed E-state index contributed by atoms with van der Waals surface area (Å²) in [5.74, 6) is 0.161. The summed E-state index contributed by atoms with van der Waals surface area (Å²) in [4.78, 5) is 20.2. The number of nitrogens with zero attached hydrogens (tertiary/aromatic N) is 2. The zero-order valence-corrected chi connectivity index (χ0v) is 9.75. The van der Waals surface area contributed by atoms with Gasteiger partial charge in [-0.1, -0.05) is 6.92 Å². The van der Waals surface area contributed by atoms with Crippen LogP contribution >= 0.6 is 0 Å². The van der Waals surface area contributed by atoms with Gasteiger partial charge in [0.05, 0.1) is 24.3 Å². The molecule has 1 saturated heterocycles. The van der Waals surface area contributed by atoms with E-state index in [1.165, 1.54) is 6.20 Å². The van der Waals surface area contributed by atoms with Gasteiger partial charge in [-0.3, -0.25) is 9.78 Å². The number of carbonyl (C=O) groups excluding carboxylic acids is 1. The molecule has 4 heteroatoms. The van der Waals surface area contributed by atoms with Crippen LogP contribution in [0.25, 0.3) is 0 Å². The van der Waals surface area contributed by atoms with Crippen molar-refractivity contribution in [2.24, 2.45) is 11.8 Å². The summed E-state index contributed by atoms with van der Waals surface area (Å²) < 4.78 is 5.66. The molecule has 0 spiro atoms. The Bertz CT molecular complexity index is 380. The van der Waals surface area contributed by atoms with Crippen molar-refractivity contribution in [2.75, 3.05) is 0 Å². The van der Waals surface area contributed by atoms with Crippen LogP contribution in [0.15, 0.2) is 18.6 Å². The third kappa shape index (κ3) is 1.85. The first kappa shape index (κ1) is 11.2. The van der Waals surface area contributed by atoms with Gasteiger partial charge in [-0.2, -0.15) is 0 Å². The number of rotatable bonds is 2. The largest absolute Gasteiger partial charge is 0.374 e. The standard InChI is InChI=1S/C12H16N2O2/c1-7-8(2)16-9(3)11(7)12(15)10-6-13-4-5-14-10/h4-9,11H,1-3H3. The van der Waals surface area contributed by atoms with E-state index in [1.54, 1.807) is 12.4 Å². The molecular weight excluding hydrogens is 204 g/mol. The summed E-state index contributed by atoms with van der Waals surface area (Å²) in [7, 11) is 0. The fourth-order valence-electron chi connectivity index (χ4n) is 2.32. The summed E-state index contributed by atoms with van der Waals surface area (Å²) in [5, 5.41) is 0. The summed E-state index contributed by atoms with van der Waals surface area (Å²) >= 11 is 0. The SMILES string of the molecule is CC1OC(C)C(C(=O)c2cnccn2)C1C. The molecule has 0 radical (unpaired) electrons. The molecule has 0 N–H and O–H groups in total. The molecule has 1 fully saturated rings. The monoisotopic (exact) mass is 220 g/mol. The lowest BCUT2D eigenvalue weighted by atomic mass is 9.85. The van der Waals surface area contributed by atoms with Gasteiger partial charge in [-0.05, 0) is 19.8 Å². The molecule has 0 aliphatic carbocycles. The van der Waals surface area contributed by atoms with Crippen LogP contribution in [0.1, 0.15) is 31.3 Å². The van der Waals surface area contributed by atoms with E-state index < -0.39 is 0 Å². The van der Waals surface area contributed by atoms with Crippen LogP contribution in [0.4, 0.5) is 0 Å². The van der Waals surface area contributed by atoms with E-state index >= 15 is 0 Å². The molecule has 1 aliphatic heterocycles. The first-order chi connectivity index (χ1) is 7.61. The summed E-state index contributed by atoms with van der Waals surface area (Å²) in [6.45, 7) is 6.00. The van der Waals surface area contributed by atoms with Gasteiger partial charge in [0.1, 0.15) is 5.69 Å². The Kier molecular flexibility index (Phi) is 3.01. The molecule has 2 heterocycles. The molecule has 1 aromatic heterocycles. The number of hydrogen-bond acceptors (Lipinski definition) is 4. The van der Waals surface area contributed by atoms with Crippen LogP contribution in [0, 0.1) is 11.8 Å². The van der Waals surface area contributed by atoms with Crippen molar-refractivity contribution >= 4 is 5.78 Å². The van der Waals surface area contributed by atoms with Gasteiger partial charge in [0.15, 0.2) is 5.78 Å². The minimum atomic E-state index is -0.105. The van der Waals surface area contributed by atoms with Crippen molar-refractivity contribution in [3.63, 3.8) is 0 Å². The maximum absolute atomic E-state index is 12.2. The van der Waals surface area contributed by atoms with Gasteiger partial charge < -0.3 is 4.74 Å². The van der Waals surface area contributed by atoms with E-state index in [1.807, 2.05) is 20.8 Å². The summed E-state index contributed by atoms with van der Waals surface area (Å²) in [5.41, 5.74) is 0.434. The van der Waals surface area contributed by atoms with Gasteiger partial charge in [-0.25, -0.2) is 4.98 Å². The number of hydrogen-bond donors (Lipinski definition) is 0. The second-order valence-electron chi connectivity index (χ2n) is 4.39. The molecule has 4 unspecified atom stereocenters. The molecule has 0 bridgehead atoms. The Morgan fingerprint density at radius 1 is 1.25 bits per heavy atom. The second kappa shape index (κ2) is 4.29. The van der Waals surface area contributed by atoms with E-state index in [0.29, 0.717) is 5.69 Å². The van der Waals surface area contributed by atoms with Crippen molar-refractivity contribution in [1.82, 2.24) is 9.97 Å². The summed E-state index contributed by atoms with van der Waals surface area (Å²) in [6.07, 6.45) is 4.71. The Labute approximate surface area is 95.1 Å². The van der Waals surface area contributed by atoms with E-state index in [2.05, 4.69) is 9.97 Å². The van der Waals surface area contributed by atoms with Gasteiger partial charge in [-0.15, -0.1) is 0 Å². The van der Waals surface area contributed by atoms with Crippen molar-refractivity contribution in [3.05, 3.63) is 24.3 Å². The van der Waals surface area contributed by atoms with Gasteiger partial charge in [0, 0.05) is 12.4 Å². The summed E-state index contributed by atoms with van der Waals surface area (Å²) in [6, 6.07) is 0. The minimum Gasteiger partial charge on any atom is -0.374 e. The highest BCUT2D eigenvalue weighted by atomic mass is 16.5. The van der Waals surface area contributed by atoms with Crippen molar-refractivity contribution < 1.29 is 9.53 Å². The van der Waals surface area contributed by atoms with Crippen molar-refractivity contribution in [3.8, 4) is 0 Å². The minimum absolute atomic E-state index is 0.0393. The Morgan fingerprint density at radius 3 is 2.50 bits per heavy atom. The van der Waals surface area contributed by atoms with Gasteiger partial charge >= 0.3 is 0 Å². The first-order valence-corrected chi connectivity index (χ1v) is 5.57. The van der Waals surface area contributed by atoms with E-state index in [0.717, 1.165) is 0 Å². The lowest BCUT2D eigenvalue weighted by Crippen LogP contribution is -2.27. The molecule has 4 atom stereocenters. The molecule has 4 nitrogen and oxygen atoms in total. The van der Waals surface area contributed by atoms with E-state index in [4.69, 9.17) is 4.74 Å². The highest BCUT2D eigenvalue weighted by Crippen LogP contribution is 2.33. The second-order valence-corrected chi connectivity index (χ2v) is 4.39. The number of ether oxygens (including phenoxy) is 1. The van der Waals surface area contributed by atoms with E-state index in [9.17, 15) is 4.79 Å². The molecule has 16 heavy (non-hydrogen) atoms. The highest BCUT2D eigenvalue weighted by Gasteiger charge is 2.42. The van der Waals surface area contributed by atoms with Crippen molar-refractivity contribution in [1.29, 1.82) is 0 Å². The predicted molar refractivity (Wildman–Crippen MR) is 59.0 cm³/mol. The Hall–Kier alpha value is -1.29. The smallest absolute Gasteiger partial charge is 0.188 e. The van der Waals surface area contributed by atoms with Crippen LogP contribution in [-0.4, -0.2) is 28.0 Å². The average Bonchev–Trinajstić information content (AvgIpc) is 2.54. The third-order valence-electron chi connectivity index (χ3n) is 3.36. The zero-order valence-electron chi connectivity index (χ0n) is 9.75. The first-order valence-electron chi connectivity index (χ1n) is 5.57. The lowest BCUT2D eigenvalue weighted by Gasteiger charge is -2.16. The van der Waals surface area contributed by atoms with Crippen LogP contribution in [0.3, 0.4) is 0 Å². The number of aromatic nitrogens is 2. The highest BCUT2D eigenvalue weighted by molar-refractivity contribution is 5.96. The molecule has 86 valence electrons. The van der Waals surface area contributed by atoms with Gasteiger partial charge in [0.2, 0.25) is 0 Å². The van der Waals surface area contributed by atoms with Crippen LogP contribution in [-0.2, 0) is 4.74 Å². The third-order valence-corrected chi connectivity index (χ3v) is 3.36. The predicted octanol–water partition coefficient (Wildman–Crippen LogP) is 1.72. The van der Waals surface area contributed by atoms with Crippen LogP contribution < -0.4 is 0 Å². The quantitative estimate of drug-likeness (QED) is 0.712. The number of ketones is 1. The zero-order chi connectivity index (χ0) is 11.7. The molecule has 1 aromatic rings. The maximum atomic E-state index is 12.2. The lowest BCUT2D eigenvalue weighted by molar-refractivity contribution is 0.0490. The Balaban J connectivity index is 2.23. The molecule has 2 rings (SSSR count). The van der Waals surface area contributed by atoms with Crippen LogP contribution in [0.2, 0.25) is 0 Å². The number of carbonyl (C=O) groups is 1. The van der Waals surface area contributed by atoms with Gasteiger partial charge in [0.25, 0.3) is 0 Å². The fourth-order valence-corrected chi connectivity index (χ4v) is 2.32. The number of Topliss-reactive ketones (excluding diaryl/α,β-unsaturated/α-hetero) is 1. The van der Waals surface area contributed by atoms with E-state index in [-0.39, 0.29) is 29.8 Å². The maximum Gasteiger partial charge on any atom is 0.188 e. The van der Waals surface area contributed by atoms with Crippen LogP contribution in [0.5, 0.6) is 0 Å².